The summed E-state index contributed by atoms with van der Waals surface area (Å²) in [7, 11) is -5.63. The van der Waals surface area contributed by atoms with Crippen molar-refractivity contribution in [3.05, 3.63) is 94.1 Å². The van der Waals surface area contributed by atoms with E-state index < -0.39 is 61.8 Å². The molecule has 0 fully saturated rings. The fraction of sp³-hybridized carbons (Fsp3) is 0.240. The molecule has 2 bridgehead atoms. The average molecular weight is 506 g/mol. The number of benzene rings is 3. The Hall–Kier alpha value is -3.24. The Kier molecular flexibility index (Phi) is 5.48. The number of hydrogen-bond donors (Lipinski definition) is 1. The van der Waals surface area contributed by atoms with Crippen LogP contribution in [0.25, 0.3) is 0 Å². The van der Waals surface area contributed by atoms with E-state index in [0.717, 1.165) is 22.3 Å². The van der Waals surface area contributed by atoms with Gasteiger partial charge in [0.2, 0.25) is 17.4 Å². The van der Waals surface area contributed by atoms with Gasteiger partial charge in [-0.05, 0) is 28.2 Å². The maximum atomic E-state index is 14.6. The minimum absolute atomic E-state index is 0.208. The minimum atomic E-state index is -5.63. The second-order valence-electron chi connectivity index (χ2n) is 8.62. The van der Waals surface area contributed by atoms with Gasteiger partial charge in [-0.15, -0.1) is 0 Å². The SMILES string of the molecule is CCC1C2c3ccccc3C(c3ccccc32)C1C(=O)Oc1c(F)c(F)c(S(=O)(=O)O)c(F)c1F. The lowest BCUT2D eigenvalue weighted by Crippen LogP contribution is -2.45. The molecule has 1 N–H and O–H groups in total. The monoisotopic (exact) mass is 506 g/mol. The van der Waals surface area contributed by atoms with Crippen molar-refractivity contribution in [2.45, 2.75) is 30.1 Å². The van der Waals surface area contributed by atoms with Crippen LogP contribution in [0.4, 0.5) is 17.6 Å². The van der Waals surface area contributed by atoms with Gasteiger partial charge in [-0.25, -0.2) is 8.78 Å². The lowest BCUT2D eigenvalue weighted by molar-refractivity contribution is -0.143. The van der Waals surface area contributed by atoms with Gasteiger partial charge < -0.3 is 4.74 Å². The number of hydrogen-bond acceptors (Lipinski definition) is 4. The molecule has 0 saturated heterocycles. The van der Waals surface area contributed by atoms with Gasteiger partial charge in [0.25, 0.3) is 0 Å². The van der Waals surface area contributed by atoms with E-state index in [9.17, 15) is 30.8 Å². The molecule has 0 amide bonds. The molecule has 3 aromatic carbocycles. The molecule has 0 saturated carbocycles. The normalized spacial score (nSPS) is 22.5. The van der Waals surface area contributed by atoms with Crippen LogP contribution in [-0.4, -0.2) is 18.9 Å². The molecule has 0 radical (unpaired) electrons. The van der Waals surface area contributed by atoms with E-state index in [1.165, 1.54) is 0 Å². The maximum Gasteiger partial charge on any atom is 0.315 e. The molecule has 0 aliphatic heterocycles. The van der Waals surface area contributed by atoms with Crippen molar-refractivity contribution < 1.29 is 40.1 Å². The van der Waals surface area contributed by atoms with E-state index in [-0.39, 0.29) is 11.8 Å². The Balaban J connectivity index is 1.63. The Morgan fingerprint density at radius 1 is 0.829 bits per heavy atom. The molecule has 182 valence electrons. The number of halogens is 4. The molecule has 0 aromatic heterocycles. The summed E-state index contributed by atoms with van der Waals surface area (Å²) in [4.78, 5) is 11.2. The summed E-state index contributed by atoms with van der Waals surface area (Å²) >= 11 is 0. The van der Waals surface area contributed by atoms with E-state index in [1.54, 1.807) is 0 Å². The number of fused-ring (bicyclic) bond motifs is 1. The molecule has 2 atom stereocenters. The third-order valence-corrected chi connectivity index (χ3v) is 7.84. The Bertz CT molecular complexity index is 1410. The van der Waals surface area contributed by atoms with E-state index in [4.69, 9.17) is 9.29 Å². The lowest BCUT2D eigenvalue weighted by Gasteiger charge is -2.49. The number of carbonyl (C=O) groups is 1. The van der Waals surface area contributed by atoms with Crippen molar-refractivity contribution in [1.29, 1.82) is 0 Å². The van der Waals surface area contributed by atoms with Crippen molar-refractivity contribution >= 4 is 16.1 Å². The first-order chi connectivity index (χ1) is 16.6. The fourth-order valence-electron chi connectivity index (χ4n) is 5.67. The topological polar surface area (TPSA) is 80.7 Å². The third kappa shape index (κ3) is 3.38. The van der Waals surface area contributed by atoms with E-state index >= 15 is 0 Å². The van der Waals surface area contributed by atoms with Crippen LogP contribution in [-0.2, 0) is 14.9 Å². The largest absolute Gasteiger partial charge is 0.420 e. The second-order valence-corrected chi connectivity index (χ2v) is 9.98. The van der Waals surface area contributed by atoms with Crippen LogP contribution < -0.4 is 4.74 Å². The molecule has 5 nitrogen and oxygen atoms in total. The molecule has 0 spiro atoms. The highest BCUT2D eigenvalue weighted by Crippen LogP contribution is 2.59. The molecule has 0 heterocycles. The van der Waals surface area contributed by atoms with Crippen LogP contribution in [0.3, 0.4) is 0 Å². The van der Waals surface area contributed by atoms with Gasteiger partial charge in [0.05, 0.1) is 5.92 Å². The summed E-state index contributed by atoms with van der Waals surface area (Å²) in [6, 6.07) is 15.0. The predicted molar refractivity (Wildman–Crippen MR) is 116 cm³/mol. The molecule has 3 aromatic rings. The summed E-state index contributed by atoms with van der Waals surface area (Å²) in [5, 5.41) is 0. The Morgan fingerprint density at radius 3 is 1.66 bits per heavy atom. The van der Waals surface area contributed by atoms with Crippen LogP contribution >= 0.6 is 0 Å². The van der Waals surface area contributed by atoms with E-state index in [2.05, 4.69) is 0 Å². The highest BCUT2D eigenvalue weighted by molar-refractivity contribution is 7.85. The van der Waals surface area contributed by atoms with Crippen LogP contribution in [0.15, 0.2) is 53.4 Å². The Morgan fingerprint density at radius 2 is 1.26 bits per heavy atom. The third-order valence-electron chi connectivity index (χ3n) is 6.97. The summed E-state index contributed by atoms with van der Waals surface area (Å²) in [5.41, 5.74) is 3.75. The maximum absolute atomic E-state index is 14.6. The first-order valence-corrected chi connectivity index (χ1v) is 12.2. The zero-order valence-corrected chi connectivity index (χ0v) is 19.0. The number of esters is 1. The predicted octanol–water partition coefficient (Wildman–Crippen LogP) is 5.33. The number of carbonyl (C=O) groups excluding carboxylic acids is 1. The molecular formula is C25H18F4O5S. The summed E-state index contributed by atoms with van der Waals surface area (Å²) in [6.45, 7) is 1.86. The standard InChI is InChI=1S/C25H18F4O5S/c1-2-11-16-12-7-3-5-9-14(12)17(15-10-6-4-8-13(15)16)18(11)25(30)34-23-19(26)21(28)24(35(31,32)33)22(29)20(23)27/h3-11,16-18H,2H2,1H3,(H,31,32,33). The number of rotatable bonds is 4. The van der Waals surface area contributed by atoms with Gasteiger partial charge in [-0.3, -0.25) is 9.35 Å². The average Bonchev–Trinajstić information content (AvgIpc) is 2.84. The van der Waals surface area contributed by atoms with Gasteiger partial charge in [0, 0.05) is 11.8 Å². The molecule has 35 heavy (non-hydrogen) atoms. The van der Waals surface area contributed by atoms with Gasteiger partial charge in [0.15, 0.2) is 16.5 Å². The van der Waals surface area contributed by atoms with E-state index in [0.29, 0.717) is 6.42 Å². The highest BCUT2D eigenvalue weighted by atomic mass is 32.2. The summed E-state index contributed by atoms with van der Waals surface area (Å²) in [6.07, 6.45) is 0.499. The number of ether oxygens (including phenoxy) is 1. The highest BCUT2D eigenvalue weighted by Gasteiger charge is 2.52. The zero-order valence-electron chi connectivity index (χ0n) is 18.1. The summed E-state index contributed by atoms with van der Waals surface area (Å²) < 4.78 is 93.9. The first-order valence-electron chi connectivity index (χ1n) is 10.8. The minimum Gasteiger partial charge on any atom is -0.420 e. The molecule has 3 aliphatic rings. The van der Waals surface area contributed by atoms with Gasteiger partial charge in [-0.2, -0.15) is 17.2 Å². The van der Waals surface area contributed by atoms with Crippen LogP contribution in [0, 0.1) is 35.1 Å². The molecule has 10 heteroatoms. The van der Waals surface area contributed by atoms with Crippen molar-refractivity contribution in [3.63, 3.8) is 0 Å². The van der Waals surface area contributed by atoms with Gasteiger partial charge in [0.1, 0.15) is 0 Å². The molecule has 3 aliphatic carbocycles. The van der Waals surface area contributed by atoms with Crippen LogP contribution in [0.2, 0.25) is 0 Å². The summed E-state index contributed by atoms with van der Waals surface area (Å²) in [5.74, 6) is -14.1. The van der Waals surface area contributed by atoms with Gasteiger partial charge >= 0.3 is 16.1 Å². The van der Waals surface area contributed by atoms with E-state index in [1.807, 2.05) is 55.5 Å². The van der Waals surface area contributed by atoms with Crippen molar-refractivity contribution in [3.8, 4) is 5.75 Å². The lowest BCUT2D eigenvalue weighted by atomic mass is 9.53. The molecule has 6 rings (SSSR count). The fourth-order valence-corrected chi connectivity index (χ4v) is 6.30. The first kappa shape index (κ1) is 23.5. The van der Waals surface area contributed by atoms with Gasteiger partial charge in [-0.1, -0.05) is 61.9 Å². The Labute approximate surface area is 198 Å². The molecular weight excluding hydrogens is 488 g/mol. The van der Waals surface area contributed by atoms with Crippen molar-refractivity contribution in [2.75, 3.05) is 0 Å². The quantitative estimate of drug-likeness (QED) is 0.170. The van der Waals surface area contributed by atoms with Crippen LogP contribution in [0.1, 0.15) is 47.4 Å². The molecule has 2 unspecified atom stereocenters. The van der Waals surface area contributed by atoms with Crippen molar-refractivity contribution in [2.24, 2.45) is 11.8 Å². The van der Waals surface area contributed by atoms with Crippen LogP contribution in [0.5, 0.6) is 5.75 Å². The second kappa shape index (κ2) is 8.17. The van der Waals surface area contributed by atoms with Crippen molar-refractivity contribution in [1.82, 2.24) is 0 Å². The zero-order chi connectivity index (χ0) is 25.2. The smallest absolute Gasteiger partial charge is 0.315 e.